The molecule has 0 aromatic carbocycles. The molecule has 1 saturated heterocycles. The quantitative estimate of drug-likeness (QED) is 0.849. The number of amides is 1. The van der Waals surface area contributed by atoms with Gasteiger partial charge in [0, 0.05) is 19.4 Å². The van der Waals surface area contributed by atoms with Crippen LogP contribution >= 0.6 is 0 Å². The number of hydrogen-bond donors (Lipinski definition) is 1. The number of rotatable bonds is 4. The van der Waals surface area contributed by atoms with Gasteiger partial charge >= 0.3 is 0 Å². The smallest absolute Gasteiger partial charge is 0.240 e. The van der Waals surface area contributed by atoms with E-state index in [1.165, 1.54) is 0 Å². The van der Waals surface area contributed by atoms with E-state index in [4.69, 9.17) is 4.52 Å². The fourth-order valence-electron chi connectivity index (χ4n) is 2.25. The van der Waals surface area contributed by atoms with Crippen LogP contribution in [0, 0.1) is 5.92 Å². The fraction of sp³-hybridized carbons (Fsp3) is 0.750. The van der Waals surface area contributed by atoms with Gasteiger partial charge in [-0.1, -0.05) is 12.1 Å². The molecule has 1 aliphatic rings. The van der Waals surface area contributed by atoms with Crippen molar-refractivity contribution in [2.45, 2.75) is 32.7 Å². The van der Waals surface area contributed by atoms with Gasteiger partial charge in [-0.15, -0.1) is 0 Å². The van der Waals surface area contributed by atoms with Crippen LogP contribution in [0.1, 0.15) is 31.5 Å². The van der Waals surface area contributed by atoms with Crippen LogP contribution in [-0.4, -0.2) is 41.1 Å². The van der Waals surface area contributed by atoms with Crippen LogP contribution < -0.4 is 5.32 Å². The maximum absolute atomic E-state index is 11.5. The Balaban J connectivity index is 1.81. The summed E-state index contributed by atoms with van der Waals surface area (Å²) in [7, 11) is 1.69. The first-order valence-corrected chi connectivity index (χ1v) is 6.48. The number of aromatic nitrogens is 2. The molecule has 1 fully saturated rings. The first kappa shape index (κ1) is 13.0. The van der Waals surface area contributed by atoms with E-state index in [1.807, 2.05) is 6.92 Å². The lowest BCUT2D eigenvalue weighted by atomic mass is 9.96. The second-order valence-electron chi connectivity index (χ2n) is 4.62. The molecular formula is C12H20N4O2. The van der Waals surface area contributed by atoms with Gasteiger partial charge in [0.1, 0.15) is 0 Å². The van der Waals surface area contributed by atoms with E-state index in [9.17, 15) is 4.79 Å². The Morgan fingerprint density at radius 2 is 2.22 bits per heavy atom. The van der Waals surface area contributed by atoms with E-state index in [2.05, 4.69) is 20.4 Å². The van der Waals surface area contributed by atoms with Gasteiger partial charge < -0.3 is 9.84 Å². The Bertz CT molecular complexity index is 397. The van der Waals surface area contributed by atoms with Crippen molar-refractivity contribution in [1.29, 1.82) is 0 Å². The molecule has 1 aliphatic heterocycles. The SMILES string of the molecule is CCc1noc(CN2CCC(C(=O)NC)CC2)n1. The van der Waals surface area contributed by atoms with E-state index in [0.29, 0.717) is 12.4 Å². The lowest BCUT2D eigenvalue weighted by Gasteiger charge is -2.29. The van der Waals surface area contributed by atoms with Crippen LogP contribution in [0.4, 0.5) is 0 Å². The second kappa shape index (κ2) is 5.95. The third-order valence-electron chi connectivity index (χ3n) is 3.39. The van der Waals surface area contributed by atoms with Gasteiger partial charge in [-0.3, -0.25) is 9.69 Å². The molecule has 0 radical (unpaired) electrons. The molecule has 100 valence electrons. The molecule has 6 heteroatoms. The Morgan fingerprint density at radius 1 is 1.50 bits per heavy atom. The first-order valence-electron chi connectivity index (χ1n) is 6.48. The third-order valence-corrected chi connectivity index (χ3v) is 3.39. The summed E-state index contributed by atoms with van der Waals surface area (Å²) >= 11 is 0. The van der Waals surface area contributed by atoms with Crippen LogP contribution in [0.5, 0.6) is 0 Å². The summed E-state index contributed by atoms with van der Waals surface area (Å²) in [6.45, 7) is 4.50. The van der Waals surface area contributed by atoms with Crippen molar-refractivity contribution in [2.24, 2.45) is 5.92 Å². The predicted molar refractivity (Wildman–Crippen MR) is 65.7 cm³/mol. The van der Waals surface area contributed by atoms with Crippen molar-refractivity contribution in [1.82, 2.24) is 20.4 Å². The number of likely N-dealkylation sites (tertiary alicyclic amines) is 1. The fourth-order valence-corrected chi connectivity index (χ4v) is 2.25. The number of carbonyl (C=O) groups excluding carboxylic acids is 1. The molecule has 0 spiro atoms. The minimum Gasteiger partial charge on any atom is -0.359 e. The number of nitrogens with one attached hydrogen (secondary N) is 1. The monoisotopic (exact) mass is 252 g/mol. The maximum atomic E-state index is 11.5. The molecule has 1 amide bonds. The van der Waals surface area contributed by atoms with Gasteiger partial charge in [-0.25, -0.2) is 0 Å². The second-order valence-corrected chi connectivity index (χ2v) is 4.62. The van der Waals surface area contributed by atoms with Crippen LogP contribution in [0.3, 0.4) is 0 Å². The molecule has 0 aliphatic carbocycles. The summed E-state index contributed by atoms with van der Waals surface area (Å²) in [6.07, 6.45) is 2.59. The number of aryl methyl sites for hydroxylation is 1. The Morgan fingerprint density at radius 3 is 2.78 bits per heavy atom. The molecule has 18 heavy (non-hydrogen) atoms. The maximum Gasteiger partial charge on any atom is 0.240 e. The highest BCUT2D eigenvalue weighted by Crippen LogP contribution is 2.18. The highest BCUT2D eigenvalue weighted by Gasteiger charge is 2.24. The van der Waals surface area contributed by atoms with E-state index >= 15 is 0 Å². The molecule has 6 nitrogen and oxygen atoms in total. The van der Waals surface area contributed by atoms with E-state index < -0.39 is 0 Å². The normalized spacial score (nSPS) is 17.9. The van der Waals surface area contributed by atoms with Crippen molar-refractivity contribution in [3.05, 3.63) is 11.7 Å². The molecule has 1 aromatic rings. The average molecular weight is 252 g/mol. The topological polar surface area (TPSA) is 71.3 Å². The average Bonchev–Trinajstić information content (AvgIpc) is 2.86. The molecule has 2 heterocycles. The highest BCUT2D eigenvalue weighted by atomic mass is 16.5. The minimum absolute atomic E-state index is 0.153. The molecule has 0 saturated carbocycles. The molecule has 2 rings (SSSR count). The Labute approximate surface area is 107 Å². The van der Waals surface area contributed by atoms with Crippen LogP contribution in [0.25, 0.3) is 0 Å². The first-order chi connectivity index (χ1) is 8.72. The lowest BCUT2D eigenvalue weighted by Crippen LogP contribution is -2.39. The van der Waals surface area contributed by atoms with Crippen molar-refractivity contribution >= 4 is 5.91 Å². The Hall–Kier alpha value is -1.43. The Kier molecular flexibility index (Phi) is 4.30. The molecule has 1 N–H and O–H groups in total. The van der Waals surface area contributed by atoms with Crippen molar-refractivity contribution in [3.8, 4) is 0 Å². The van der Waals surface area contributed by atoms with Gasteiger partial charge in [0.25, 0.3) is 0 Å². The minimum atomic E-state index is 0.153. The van der Waals surface area contributed by atoms with Crippen molar-refractivity contribution < 1.29 is 9.32 Å². The van der Waals surface area contributed by atoms with Gasteiger partial charge in [-0.2, -0.15) is 4.98 Å². The van der Waals surface area contributed by atoms with Gasteiger partial charge in [0.15, 0.2) is 5.82 Å². The molecule has 1 aromatic heterocycles. The molecule has 0 unspecified atom stereocenters. The highest BCUT2D eigenvalue weighted by molar-refractivity contribution is 5.78. The zero-order chi connectivity index (χ0) is 13.0. The molecule has 0 bridgehead atoms. The van der Waals surface area contributed by atoms with Gasteiger partial charge in [0.2, 0.25) is 11.8 Å². The summed E-state index contributed by atoms with van der Waals surface area (Å²) in [5, 5.41) is 6.59. The molecular weight excluding hydrogens is 232 g/mol. The lowest BCUT2D eigenvalue weighted by molar-refractivity contribution is -0.125. The van der Waals surface area contributed by atoms with Crippen LogP contribution in [0.15, 0.2) is 4.52 Å². The van der Waals surface area contributed by atoms with Crippen LogP contribution in [0.2, 0.25) is 0 Å². The van der Waals surface area contributed by atoms with E-state index in [-0.39, 0.29) is 11.8 Å². The standard InChI is InChI=1S/C12H20N4O2/c1-3-10-14-11(18-15-10)8-16-6-4-9(5-7-16)12(17)13-2/h9H,3-8H2,1-2H3,(H,13,17). The largest absolute Gasteiger partial charge is 0.359 e. The number of piperidine rings is 1. The summed E-state index contributed by atoms with van der Waals surface area (Å²) < 4.78 is 5.17. The number of hydrogen-bond acceptors (Lipinski definition) is 5. The van der Waals surface area contributed by atoms with Gasteiger partial charge in [0.05, 0.1) is 6.54 Å². The van der Waals surface area contributed by atoms with Crippen molar-refractivity contribution in [2.75, 3.05) is 20.1 Å². The van der Waals surface area contributed by atoms with Crippen LogP contribution in [-0.2, 0) is 17.8 Å². The van der Waals surface area contributed by atoms with Crippen molar-refractivity contribution in [3.63, 3.8) is 0 Å². The van der Waals surface area contributed by atoms with Gasteiger partial charge in [-0.05, 0) is 25.9 Å². The number of nitrogens with zero attached hydrogens (tertiary/aromatic N) is 3. The number of carbonyl (C=O) groups is 1. The predicted octanol–water partition coefficient (Wildman–Crippen LogP) is 0.590. The van der Waals surface area contributed by atoms with E-state index in [1.54, 1.807) is 7.05 Å². The zero-order valence-corrected chi connectivity index (χ0v) is 11.0. The zero-order valence-electron chi connectivity index (χ0n) is 11.0. The van der Waals surface area contributed by atoms with E-state index in [0.717, 1.165) is 38.2 Å². The summed E-state index contributed by atoms with van der Waals surface area (Å²) in [4.78, 5) is 18.1. The summed E-state index contributed by atoms with van der Waals surface area (Å²) in [6, 6.07) is 0. The molecule has 0 atom stereocenters. The summed E-state index contributed by atoms with van der Waals surface area (Å²) in [5.74, 6) is 1.73. The third kappa shape index (κ3) is 3.07. The summed E-state index contributed by atoms with van der Waals surface area (Å²) in [5.41, 5.74) is 0.